The Bertz CT molecular complexity index is 1470. The van der Waals surface area contributed by atoms with Gasteiger partial charge in [0.05, 0.1) is 5.69 Å². The molecule has 8 heteroatoms. The Hall–Kier alpha value is -3.78. The molecule has 2 aromatic carbocycles. The molecule has 1 atom stereocenters. The third-order valence-corrected chi connectivity index (χ3v) is 8.44. The summed E-state index contributed by atoms with van der Waals surface area (Å²) in [5.74, 6) is 1.34. The van der Waals surface area contributed by atoms with Crippen molar-refractivity contribution < 1.29 is 0 Å². The molecule has 2 heterocycles. The van der Waals surface area contributed by atoms with Gasteiger partial charge in [-0.25, -0.2) is 0 Å². The molecule has 3 aliphatic carbocycles. The zero-order chi connectivity index (χ0) is 25.5. The Morgan fingerprint density at radius 3 is 2.45 bits per heavy atom. The fourth-order valence-corrected chi connectivity index (χ4v) is 6.11. The predicted octanol–water partition coefficient (Wildman–Crippen LogP) is 4.93. The first-order valence-electron chi connectivity index (χ1n) is 14.0. The molecule has 0 radical (unpaired) electrons. The van der Waals surface area contributed by atoms with Crippen molar-refractivity contribution in [2.75, 3.05) is 11.1 Å². The summed E-state index contributed by atoms with van der Waals surface area (Å²) in [5.41, 5.74) is 14.7. The van der Waals surface area contributed by atoms with Gasteiger partial charge in [-0.15, -0.1) is 15.3 Å². The van der Waals surface area contributed by atoms with E-state index in [1.165, 1.54) is 59.9 Å². The lowest BCUT2D eigenvalue weighted by molar-refractivity contribution is 0.291. The van der Waals surface area contributed by atoms with Gasteiger partial charge in [-0.3, -0.25) is 0 Å². The number of benzene rings is 2. The van der Waals surface area contributed by atoms with Crippen LogP contribution in [-0.4, -0.2) is 37.0 Å². The van der Waals surface area contributed by atoms with Gasteiger partial charge in [-0.2, -0.15) is 9.67 Å². The van der Waals surface area contributed by atoms with E-state index in [9.17, 15) is 0 Å². The molecule has 38 heavy (non-hydrogen) atoms. The van der Waals surface area contributed by atoms with E-state index in [0.29, 0.717) is 17.8 Å². The molecule has 4 aromatic rings. The number of nitrogens with one attached hydrogen (secondary N) is 2. The maximum atomic E-state index is 6.29. The van der Waals surface area contributed by atoms with E-state index in [-0.39, 0.29) is 5.95 Å². The first-order chi connectivity index (χ1) is 18.7. The van der Waals surface area contributed by atoms with E-state index in [1.807, 2.05) is 0 Å². The number of nitrogen functional groups attached to an aromatic ring is 1. The summed E-state index contributed by atoms with van der Waals surface area (Å²) < 4.78 is 1.58. The van der Waals surface area contributed by atoms with Crippen molar-refractivity contribution in [3.63, 3.8) is 0 Å². The van der Waals surface area contributed by atoms with Gasteiger partial charge in [0, 0.05) is 23.3 Å². The van der Waals surface area contributed by atoms with Crippen LogP contribution in [0.25, 0.3) is 17.1 Å². The molecule has 1 saturated carbocycles. The van der Waals surface area contributed by atoms with Gasteiger partial charge in [0.15, 0.2) is 5.82 Å². The van der Waals surface area contributed by atoms with E-state index in [1.54, 1.807) is 4.68 Å². The summed E-state index contributed by atoms with van der Waals surface area (Å²) >= 11 is 0. The second-order valence-electron chi connectivity index (χ2n) is 11.0. The monoisotopic (exact) mass is 506 g/mol. The van der Waals surface area contributed by atoms with E-state index in [0.717, 1.165) is 49.5 Å². The third kappa shape index (κ3) is 4.53. The lowest BCUT2D eigenvalue weighted by atomic mass is 9.91. The molecule has 194 valence electrons. The summed E-state index contributed by atoms with van der Waals surface area (Å²) in [6.07, 6.45) is 11.7. The van der Waals surface area contributed by atoms with Crippen molar-refractivity contribution in [3.8, 4) is 17.1 Å². The maximum Gasteiger partial charge on any atom is 0.248 e. The molecule has 0 saturated heterocycles. The SMILES string of the molecule is Nc1nc(Nc2ccc3c(c2)CC[C@@H](NC2CCC2)CC3)nn1-c1cc2c(nn1)-c1ccccc1CCC2. The van der Waals surface area contributed by atoms with Crippen molar-refractivity contribution >= 4 is 17.6 Å². The number of rotatable bonds is 5. The van der Waals surface area contributed by atoms with Crippen LogP contribution in [0.3, 0.4) is 0 Å². The largest absolute Gasteiger partial charge is 0.368 e. The van der Waals surface area contributed by atoms with E-state index >= 15 is 0 Å². The number of nitrogens with two attached hydrogens (primary N) is 1. The number of fused-ring (bicyclic) bond motifs is 4. The summed E-state index contributed by atoms with van der Waals surface area (Å²) in [5, 5.41) is 21.0. The van der Waals surface area contributed by atoms with Crippen LogP contribution in [0.2, 0.25) is 0 Å². The Balaban J connectivity index is 1.09. The zero-order valence-corrected chi connectivity index (χ0v) is 21.7. The minimum atomic E-state index is 0.287. The lowest BCUT2D eigenvalue weighted by Crippen LogP contribution is -2.42. The number of anilines is 3. The Labute approximate surface area is 223 Å². The molecule has 0 bridgehead atoms. The van der Waals surface area contributed by atoms with E-state index in [2.05, 4.69) is 79.4 Å². The average Bonchev–Trinajstić information content (AvgIpc) is 3.06. The van der Waals surface area contributed by atoms with Crippen LogP contribution in [0, 0.1) is 0 Å². The van der Waals surface area contributed by atoms with Crippen LogP contribution in [0.15, 0.2) is 48.5 Å². The molecule has 2 aromatic heterocycles. The molecule has 1 fully saturated rings. The second kappa shape index (κ2) is 9.83. The van der Waals surface area contributed by atoms with Crippen LogP contribution in [0.4, 0.5) is 17.6 Å². The number of hydrogen-bond donors (Lipinski definition) is 3. The minimum absolute atomic E-state index is 0.287. The Kier molecular flexibility index (Phi) is 6.04. The fourth-order valence-electron chi connectivity index (χ4n) is 6.11. The Morgan fingerprint density at radius 1 is 0.763 bits per heavy atom. The van der Waals surface area contributed by atoms with Gasteiger partial charge >= 0.3 is 0 Å². The average molecular weight is 507 g/mol. The smallest absolute Gasteiger partial charge is 0.248 e. The zero-order valence-electron chi connectivity index (χ0n) is 21.7. The van der Waals surface area contributed by atoms with Crippen LogP contribution in [0.5, 0.6) is 0 Å². The standard InChI is InChI=1S/C30H34N8/c31-29-34-30(33-25-16-12-19-11-14-24(15-13-21(19)17-25)32-23-8-4-9-23)37-38(29)27-18-22-7-3-6-20-5-1-2-10-26(20)28(22)36-35-27/h1-2,5,10,12,16-18,23-24,32H,3-4,6-9,11,13-15H2,(H3,31,33,34,37)/t24-/m0/s1. The second-order valence-corrected chi connectivity index (χ2v) is 11.0. The topological polar surface area (TPSA) is 107 Å². The molecule has 3 aliphatic rings. The normalized spacial score (nSPS) is 18.9. The summed E-state index contributed by atoms with van der Waals surface area (Å²) in [6.45, 7) is 0. The molecular formula is C30H34N8. The van der Waals surface area contributed by atoms with Crippen LogP contribution >= 0.6 is 0 Å². The van der Waals surface area contributed by atoms with Crippen molar-refractivity contribution in [2.45, 2.75) is 76.3 Å². The fraction of sp³-hybridized carbons (Fsp3) is 0.400. The highest BCUT2D eigenvalue weighted by Gasteiger charge is 2.23. The van der Waals surface area contributed by atoms with Crippen LogP contribution in [-0.2, 0) is 25.7 Å². The molecular weight excluding hydrogens is 472 g/mol. The van der Waals surface area contributed by atoms with Crippen LogP contribution in [0.1, 0.15) is 60.8 Å². The molecule has 8 nitrogen and oxygen atoms in total. The van der Waals surface area contributed by atoms with Gasteiger partial charge in [0.25, 0.3) is 0 Å². The van der Waals surface area contributed by atoms with Crippen molar-refractivity contribution in [2.24, 2.45) is 0 Å². The molecule has 0 unspecified atom stereocenters. The lowest BCUT2D eigenvalue weighted by Gasteiger charge is -2.31. The molecule has 0 aliphatic heterocycles. The first-order valence-corrected chi connectivity index (χ1v) is 14.0. The van der Waals surface area contributed by atoms with Gasteiger partial charge in [0.2, 0.25) is 11.9 Å². The van der Waals surface area contributed by atoms with Crippen molar-refractivity contribution in [3.05, 3.63) is 70.8 Å². The van der Waals surface area contributed by atoms with Gasteiger partial charge in [-0.1, -0.05) is 36.8 Å². The molecule has 4 N–H and O–H groups in total. The van der Waals surface area contributed by atoms with Crippen LogP contribution < -0.4 is 16.4 Å². The summed E-state index contributed by atoms with van der Waals surface area (Å²) in [4.78, 5) is 4.48. The first kappa shape index (κ1) is 23.3. The molecule has 7 rings (SSSR count). The maximum absolute atomic E-state index is 6.29. The van der Waals surface area contributed by atoms with Gasteiger partial charge < -0.3 is 16.4 Å². The molecule has 0 spiro atoms. The summed E-state index contributed by atoms with van der Waals surface area (Å²) in [6, 6.07) is 18.5. The quantitative estimate of drug-likeness (QED) is 0.330. The van der Waals surface area contributed by atoms with E-state index in [4.69, 9.17) is 5.73 Å². The Morgan fingerprint density at radius 2 is 1.58 bits per heavy atom. The summed E-state index contributed by atoms with van der Waals surface area (Å²) in [7, 11) is 0. The number of nitrogens with zero attached hydrogens (tertiary/aromatic N) is 5. The highest BCUT2D eigenvalue weighted by Crippen LogP contribution is 2.32. The van der Waals surface area contributed by atoms with Gasteiger partial charge in [-0.05, 0) is 98.2 Å². The highest BCUT2D eigenvalue weighted by molar-refractivity contribution is 5.68. The minimum Gasteiger partial charge on any atom is -0.368 e. The number of aryl methyl sites for hydroxylation is 4. The number of hydrogen-bond acceptors (Lipinski definition) is 7. The van der Waals surface area contributed by atoms with E-state index < -0.39 is 0 Å². The van der Waals surface area contributed by atoms with Crippen molar-refractivity contribution in [1.29, 1.82) is 0 Å². The number of aromatic nitrogens is 5. The third-order valence-electron chi connectivity index (χ3n) is 8.44. The van der Waals surface area contributed by atoms with Crippen molar-refractivity contribution in [1.82, 2.24) is 30.3 Å². The molecule has 0 amide bonds. The highest BCUT2D eigenvalue weighted by atomic mass is 15.4. The van der Waals surface area contributed by atoms with Gasteiger partial charge in [0.1, 0.15) is 0 Å². The predicted molar refractivity (Wildman–Crippen MR) is 150 cm³/mol.